The highest BCUT2D eigenvalue weighted by Gasteiger charge is 2.24. The lowest BCUT2D eigenvalue weighted by atomic mass is 10.0. The SMILES string of the molecule is O=C(O)CCC(NC(=O)c1ccccc1)c1ccc(NC(=O)Cc2ccc(NC(=O)N3CCc4ccccc43)cc2)cc1. The summed E-state index contributed by atoms with van der Waals surface area (Å²) in [6, 6.07) is 30.0. The van der Waals surface area contributed by atoms with Crippen LogP contribution in [-0.2, 0) is 22.4 Å². The first kappa shape index (κ1) is 29.1. The number of anilines is 3. The minimum Gasteiger partial charge on any atom is -0.481 e. The van der Waals surface area contributed by atoms with Crippen molar-refractivity contribution in [3.8, 4) is 0 Å². The van der Waals surface area contributed by atoms with E-state index in [9.17, 15) is 24.3 Å². The minimum absolute atomic E-state index is 0.104. The summed E-state index contributed by atoms with van der Waals surface area (Å²) in [6.45, 7) is 0.635. The van der Waals surface area contributed by atoms with Gasteiger partial charge in [-0.05, 0) is 72.0 Å². The van der Waals surface area contributed by atoms with Crippen LogP contribution in [0.4, 0.5) is 21.9 Å². The van der Waals surface area contributed by atoms with Gasteiger partial charge in [0.05, 0.1) is 12.5 Å². The van der Waals surface area contributed by atoms with Crippen LogP contribution in [0.1, 0.15) is 45.9 Å². The average Bonchev–Trinajstić information content (AvgIpc) is 3.45. The summed E-state index contributed by atoms with van der Waals surface area (Å²) < 4.78 is 0. The molecular formula is C34H32N4O5. The van der Waals surface area contributed by atoms with Gasteiger partial charge in [-0.1, -0.05) is 60.7 Å². The summed E-state index contributed by atoms with van der Waals surface area (Å²) in [4.78, 5) is 51.1. The number of carboxylic acid groups (broad SMARTS) is 1. The highest BCUT2D eigenvalue weighted by Crippen LogP contribution is 2.28. The lowest BCUT2D eigenvalue weighted by molar-refractivity contribution is -0.137. The number of amides is 4. The molecule has 0 aliphatic carbocycles. The molecule has 9 nitrogen and oxygen atoms in total. The molecule has 43 heavy (non-hydrogen) atoms. The monoisotopic (exact) mass is 576 g/mol. The molecule has 4 amide bonds. The van der Waals surface area contributed by atoms with Crippen molar-refractivity contribution in [1.29, 1.82) is 0 Å². The predicted molar refractivity (Wildman–Crippen MR) is 165 cm³/mol. The third kappa shape index (κ3) is 7.65. The first-order chi connectivity index (χ1) is 20.9. The van der Waals surface area contributed by atoms with Crippen LogP contribution in [0.2, 0.25) is 0 Å². The molecule has 1 aliphatic rings. The summed E-state index contributed by atoms with van der Waals surface area (Å²) in [5.41, 5.74) is 5.31. The molecule has 4 N–H and O–H groups in total. The molecule has 1 heterocycles. The van der Waals surface area contributed by atoms with Crippen LogP contribution >= 0.6 is 0 Å². The second-order valence-electron chi connectivity index (χ2n) is 10.3. The molecule has 218 valence electrons. The Hall–Kier alpha value is -5.44. The van der Waals surface area contributed by atoms with Crippen LogP contribution in [-0.4, -0.2) is 35.5 Å². The fourth-order valence-electron chi connectivity index (χ4n) is 5.06. The van der Waals surface area contributed by atoms with Gasteiger partial charge in [-0.25, -0.2) is 4.79 Å². The smallest absolute Gasteiger partial charge is 0.326 e. The Balaban J connectivity index is 1.15. The highest BCUT2D eigenvalue weighted by molar-refractivity contribution is 6.03. The topological polar surface area (TPSA) is 128 Å². The van der Waals surface area contributed by atoms with Crippen LogP contribution in [0.5, 0.6) is 0 Å². The molecule has 4 aromatic rings. The van der Waals surface area contributed by atoms with Gasteiger partial charge < -0.3 is 21.1 Å². The molecule has 1 aliphatic heterocycles. The van der Waals surface area contributed by atoms with Crippen molar-refractivity contribution < 1.29 is 24.3 Å². The van der Waals surface area contributed by atoms with Crippen molar-refractivity contribution >= 4 is 40.9 Å². The number of benzene rings is 4. The van der Waals surface area contributed by atoms with Crippen LogP contribution in [0.25, 0.3) is 0 Å². The molecule has 0 fully saturated rings. The maximum atomic E-state index is 12.8. The van der Waals surface area contributed by atoms with Gasteiger partial charge in [-0.15, -0.1) is 0 Å². The molecule has 0 aromatic heterocycles. The van der Waals surface area contributed by atoms with E-state index in [1.165, 1.54) is 0 Å². The van der Waals surface area contributed by atoms with E-state index in [1.807, 2.05) is 30.3 Å². The average molecular weight is 577 g/mol. The lowest BCUT2D eigenvalue weighted by Gasteiger charge is -2.19. The zero-order valence-electron chi connectivity index (χ0n) is 23.5. The summed E-state index contributed by atoms with van der Waals surface area (Å²) in [7, 11) is 0. The number of para-hydroxylation sites is 1. The minimum atomic E-state index is -0.948. The van der Waals surface area contributed by atoms with Gasteiger partial charge in [0.15, 0.2) is 0 Å². The van der Waals surface area contributed by atoms with E-state index in [1.54, 1.807) is 77.7 Å². The number of fused-ring (bicyclic) bond motifs is 1. The number of carboxylic acids is 1. The fraction of sp³-hybridized carbons (Fsp3) is 0.176. The van der Waals surface area contributed by atoms with Crippen molar-refractivity contribution in [3.63, 3.8) is 0 Å². The van der Waals surface area contributed by atoms with Gasteiger partial charge in [0, 0.05) is 35.6 Å². The van der Waals surface area contributed by atoms with Crippen molar-refractivity contribution in [3.05, 3.63) is 125 Å². The van der Waals surface area contributed by atoms with E-state index in [0.717, 1.165) is 28.8 Å². The summed E-state index contributed by atoms with van der Waals surface area (Å²) in [5.74, 6) is -1.45. The lowest BCUT2D eigenvalue weighted by Crippen LogP contribution is -2.33. The molecule has 1 atom stereocenters. The first-order valence-corrected chi connectivity index (χ1v) is 14.1. The number of nitrogens with zero attached hydrogens (tertiary/aromatic N) is 1. The van der Waals surface area contributed by atoms with E-state index >= 15 is 0 Å². The normalized spacial score (nSPS) is 12.6. The zero-order valence-corrected chi connectivity index (χ0v) is 23.5. The summed E-state index contributed by atoms with van der Waals surface area (Å²) in [5, 5.41) is 17.9. The van der Waals surface area contributed by atoms with Gasteiger partial charge in [0.25, 0.3) is 5.91 Å². The van der Waals surface area contributed by atoms with E-state index < -0.39 is 12.0 Å². The molecule has 0 saturated carbocycles. The maximum Gasteiger partial charge on any atom is 0.326 e. The Morgan fingerprint density at radius 2 is 1.42 bits per heavy atom. The number of carbonyl (C=O) groups excluding carboxylic acids is 3. The largest absolute Gasteiger partial charge is 0.481 e. The number of urea groups is 1. The zero-order chi connectivity index (χ0) is 30.2. The van der Waals surface area contributed by atoms with Crippen LogP contribution in [0.3, 0.4) is 0 Å². The second kappa shape index (κ2) is 13.5. The van der Waals surface area contributed by atoms with Gasteiger partial charge >= 0.3 is 12.0 Å². The third-order valence-electron chi connectivity index (χ3n) is 7.29. The van der Waals surface area contributed by atoms with Crippen LogP contribution in [0.15, 0.2) is 103 Å². The van der Waals surface area contributed by atoms with E-state index in [0.29, 0.717) is 23.5 Å². The summed E-state index contributed by atoms with van der Waals surface area (Å²) in [6.07, 6.45) is 1.09. The van der Waals surface area contributed by atoms with Gasteiger partial charge in [-0.2, -0.15) is 0 Å². The number of aliphatic carboxylic acids is 1. The second-order valence-corrected chi connectivity index (χ2v) is 10.3. The molecule has 0 spiro atoms. The molecule has 0 bridgehead atoms. The van der Waals surface area contributed by atoms with Crippen molar-refractivity contribution in [2.45, 2.75) is 31.7 Å². The number of nitrogens with one attached hydrogen (secondary N) is 3. The van der Waals surface area contributed by atoms with Crippen LogP contribution < -0.4 is 20.9 Å². The Labute approximate surface area is 249 Å². The Kier molecular flexibility index (Phi) is 9.11. The molecule has 1 unspecified atom stereocenters. The fourth-order valence-corrected chi connectivity index (χ4v) is 5.06. The van der Waals surface area contributed by atoms with Crippen molar-refractivity contribution in [2.24, 2.45) is 0 Å². The van der Waals surface area contributed by atoms with E-state index in [2.05, 4.69) is 16.0 Å². The molecule has 0 radical (unpaired) electrons. The first-order valence-electron chi connectivity index (χ1n) is 14.1. The van der Waals surface area contributed by atoms with Gasteiger partial charge in [0.2, 0.25) is 5.91 Å². The molecule has 0 saturated heterocycles. The van der Waals surface area contributed by atoms with Crippen LogP contribution in [0, 0.1) is 0 Å². The number of hydrogen-bond donors (Lipinski definition) is 4. The molecular weight excluding hydrogens is 544 g/mol. The van der Waals surface area contributed by atoms with Gasteiger partial charge in [-0.3, -0.25) is 19.3 Å². The Morgan fingerprint density at radius 1 is 0.767 bits per heavy atom. The van der Waals surface area contributed by atoms with Gasteiger partial charge in [0.1, 0.15) is 0 Å². The Bertz CT molecular complexity index is 1600. The quantitative estimate of drug-likeness (QED) is 0.190. The third-order valence-corrected chi connectivity index (χ3v) is 7.29. The standard InChI is InChI=1S/C34H32N4O5/c39-31(22-23-10-14-28(15-11-23)36-34(43)38-21-20-25-6-4-5-9-30(25)38)35-27-16-12-24(13-17-27)29(18-19-32(40)41)37-33(42)26-7-2-1-3-8-26/h1-17,29H,18-22H2,(H,35,39)(H,36,43)(H,37,42)(H,40,41). The number of hydrogen-bond acceptors (Lipinski definition) is 4. The number of carbonyl (C=O) groups is 4. The van der Waals surface area contributed by atoms with E-state index in [4.69, 9.17) is 0 Å². The van der Waals surface area contributed by atoms with Crippen molar-refractivity contribution in [2.75, 3.05) is 22.1 Å². The molecule has 5 rings (SSSR count). The molecule has 9 heteroatoms. The molecule has 4 aromatic carbocycles. The Morgan fingerprint density at radius 3 is 2.14 bits per heavy atom. The summed E-state index contributed by atoms with van der Waals surface area (Å²) >= 11 is 0. The maximum absolute atomic E-state index is 12.8. The van der Waals surface area contributed by atoms with E-state index in [-0.39, 0.29) is 37.1 Å². The number of rotatable bonds is 10. The predicted octanol–water partition coefficient (Wildman–Crippen LogP) is 5.80. The highest BCUT2D eigenvalue weighted by atomic mass is 16.4. The van der Waals surface area contributed by atoms with Crippen molar-refractivity contribution in [1.82, 2.24) is 5.32 Å².